The van der Waals surface area contributed by atoms with Crippen LogP contribution in [0.5, 0.6) is 0 Å². The molecule has 0 radical (unpaired) electrons. The molecule has 0 atom stereocenters. The molecule has 0 saturated carbocycles. The summed E-state index contributed by atoms with van der Waals surface area (Å²) in [6.45, 7) is 5.13. The van der Waals surface area contributed by atoms with Gasteiger partial charge in [0.2, 0.25) is 0 Å². The second-order valence-electron chi connectivity index (χ2n) is 6.04. The van der Waals surface area contributed by atoms with Crippen molar-refractivity contribution in [3.63, 3.8) is 0 Å². The van der Waals surface area contributed by atoms with Gasteiger partial charge < -0.3 is 10.3 Å². The predicted molar refractivity (Wildman–Crippen MR) is 98.1 cm³/mol. The molecule has 4 nitrogen and oxygen atoms in total. The van der Waals surface area contributed by atoms with Crippen LogP contribution in [-0.4, -0.2) is 14.5 Å². The number of hydrogen-bond acceptors (Lipinski definition) is 4. The maximum Gasteiger partial charge on any atom is 0.124 e. The highest BCUT2D eigenvalue weighted by Crippen LogP contribution is 2.35. The van der Waals surface area contributed by atoms with E-state index in [1.807, 2.05) is 24.3 Å². The van der Waals surface area contributed by atoms with Crippen LogP contribution in [-0.2, 0) is 13.1 Å². The summed E-state index contributed by atoms with van der Waals surface area (Å²) in [4.78, 5) is 9.99. The third kappa shape index (κ3) is 4.08. The lowest BCUT2D eigenvalue weighted by Crippen LogP contribution is -2.11. The highest BCUT2D eigenvalue weighted by atomic mass is 32.2. The molecule has 3 aromatic rings. The first kappa shape index (κ1) is 17.6. The molecular weight excluding hydrogens is 335 g/mol. The zero-order chi connectivity index (χ0) is 17.8. The van der Waals surface area contributed by atoms with Gasteiger partial charge in [0.15, 0.2) is 0 Å². The molecular formula is C19H21FN4S. The molecule has 0 unspecified atom stereocenters. The number of nitrogens with zero attached hydrogens (tertiary/aromatic N) is 3. The van der Waals surface area contributed by atoms with Gasteiger partial charge in [-0.3, -0.25) is 4.98 Å². The summed E-state index contributed by atoms with van der Waals surface area (Å²) in [6.07, 6.45) is 1.77. The van der Waals surface area contributed by atoms with Crippen LogP contribution < -0.4 is 5.73 Å². The van der Waals surface area contributed by atoms with Crippen molar-refractivity contribution in [2.75, 3.05) is 0 Å². The Balaban J connectivity index is 2.05. The SMILES string of the molecule is CC(C)c1nc(CN)n(Cc2ccccn2)c1Sc1cccc(F)c1. The maximum atomic E-state index is 13.6. The van der Waals surface area contributed by atoms with Crippen molar-refractivity contribution in [2.45, 2.75) is 42.8 Å². The van der Waals surface area contributed by atoms with Gasteiger partial charge in [-0.15, -0.1) is 0 Å². The van der Waals surface area contributed by atoms with Gasteiger partial charge >= 0.3 is 0 Å². The normalized spacial score (nSPS) is 11.2. The lowest BCUT2D eigenvalue weighted by molar-refractivity contribution is 0.624. The maximum absolute atomic E-state index is 13.6. The molecule has 130 valence electrons. The molecule has 0 aliphatic rings. The Morgan fingerprint density at radius 3 is 2.68 bits per heavy atom. The Hall–Kier alpha value is -2.18. The summed E-state index contributed by atoms with van der Waals surface area (Å²) in [6, 6.07) is 12.4. The van der Waals surface area contributed by atoms with Crippen molar-refractivity contribution >= 4 is 11.8 Å². The second kappa shape index (κ2) is 7.80. The lowest BCUT2D eigenvalue weighted by Gasteiger charge is -2.12. The highest BCUT2D eigenvalue weighted by molar-refractivity contribution is 7.99. The number of aromatic nitrogens is 3. The zero-order valence-electron chi connectivity index (χ0n) is 14.3. The van der Waals surface area contributed by atoms with Gasteiger partial charge in [0.05, 0.1) is 24.5 Å². The Morgan fingerprint density at radius 1 is 1.20 bits per heavy atom. The van der Waals surface area contributed by atoms with Crippen LogP contribution in [0.25, 0.3) is 0 Å². The van der Waals surface area contributed by atoms with Gasteiger partial charge in [0.25, 0.3) is 0 Å². The number of nitrogens with two attached hydrogens (primary N) is 1. The molecule has 0 aliphatic carbocycles. The minimum atomic E-state index is -0.245. The first-order chi connectivity index (χ1) is 12.1. The van der Waals surface area contributed by atoms with E-state index in [-0.39, 0.29) is 11.7 Å². The summed E-state index contributed by atoms with van der Waals surface area (Å²) in [5.41, 5.74) is 7.84. The zero-order valence-corrected chi connectivity index (χ0v) is 15.1. The van der Waals surface area contributed by atoms with Crippen LogP contribution in [0.1, 0.15) is 37.0 Å². The van der Waals surface area contributed by atoms with Gasteiger partial charge in [0.1, 0.15) is 16.7 Å². The van der Waals surface area contributed by atoms with Crippen molar-refractivity contribution < 1.29 is 4.39 Å². The van der Waals surface area contributed by atoms with Crippen molar-refractivity contribution in [3.8, 4) is 0 Å². The van der Waals surface area contributed by atoms with Crippen LogP contribution in [0.2, 0.25) is 0 Å². The van der Waals surface area contributed by atoms with Crippen LogP contribution in [0.15, 0.2) is 58.6 Å². The van der Waals surface area contributed by atoms with Crippen LogP contribution in [0.3, 0.4) is 0 Å². The summed E-state index contributed by atoms with van der Waals surface area (Å²) in [7, 11) is 0. The first-order valence-electron chi connectivity index (χ1n) is 8.21. The molecule has 3 rings (SSSR count). The van der Waals surface area contributed by atoms with Crippen LogP contribution in [0.4, 0.5) is 4.39 Å². The van der Waals surface area contributed by atoms with Crippen molar-refractivity contribution in [3.05, 3.63) is 71.7 Å². The first-order valence-corrected chi connectivity index (χ1v) is 9.02. The lowest BCUT2D eigenvalue weighted by atomic mass is 10.1. The van der Waals surface area contributed by atoms with E-state index in [0.717, 1.165) is 27.1 Å². The van der Waals surface area contributed by atoms with E-state index in [0.29, 0.717) is 13.1 Å². The fourth-order valence-corrected chi connectivity index (χ4v) is 3.81. The van der Waals surface area contributed by atoms with E-state index < -0.39 is 0 Å². The van der Waals surface area contributed by atoms with Gasteiger partial charge in [-0.2, -0.15) is 0 Å². The number of pyridine rings is 1. The molecule has 6 heteroatoms. The Kier molecular flexibility index (Phi) is 5.50. The summed E-state index contributed by atoms with van der Waals surface area (Å²) >= 11 is 1.52. The average molecular weight is 356 g/mol. The van der Waals surface area contributed by atoms with E-state index in [1.54, 1.807) is 12.3 Å². The Morgan fingerprint density at radius 2 is 2.04 bits per heavy atom. The predicted octanol–water partition coefficient (Wildman–Crippen LogP) is 4.20. The molecule has 2 heterocycles. The standard InChI is InChI=1S/C19H21FN4S/c1-13(2)18-19(25-16-8-5-6-14(20)10-16)24(17(11-21)23-18)12-15-7-3-4-9-22-15/h3-10,13H,11-12,21H2,1-2H3. The average Bonchev–Trinajstić information content (AvgIpc) is 2.94. The largest absolute Gasteiger partial charge is 0.324 e. The van der Waals surface area contributed by atoms with Crippen molar-refractivity contribution in [1.82, 2.24) is 14.5 Å². The molecule has 0 saturated heterocycles. The molecule has 0 bridgehead atoms. The quantitative estimate of drug-likeness (QED) is 0.719. The van der Waals surface area contributed by atoms with Gasteiger partial charge in [0, 0.05) is 11.1 Å². The third-order valence-electron chi connectivity index (χ3n) is 3.81. The number of hydrogen-bond donors (Lipinski definition) is 1. The second-order valence-corrected chi connectivity index (χ2v) is 7.11. The Labute approximate surface area is 151 Å². The van der Waals surface area contributed by atoms with E-state index in [9.17, 15) is 4.39 Å². The number of rotatable bonds is 6. The van der Waals surface area contributed by atoms with Crippen LogP contribution in [0, 0.1) is 5.82 Å². The molecule has 25 heavy (non-hydrogen) atoms. The third-order valence-corrected chi connectivity index (χ3v) is 4.92. The van der Waals surface area contributed by atoms with Gasteiger partial charge in [-0.1, -0.05) is 37.7 Å². The molecule has 2 aromatic heterocycles. The smallest absolute Gasteiger partial charge is 0.124 e. The summed E-state index contributed by atoms with van der Waals surface area (Å²) in [5.74, 6) is 0.811. The Bertz CT molecular complexity index is 846. The number of imidazole rings is 1. The van der Waals surface area contributed by atoms with Crippen molar-refractivity contribution in [2.24, 2.45) is 5.73 Å². The molecule has 0 aliphatic heterocycles. The topological polar surface area (TPSA) is 56.7 Å². The fraction of sp³-hybridized carbons (Fsp3) is 0.263. The number of benzene rings is 1. The highest BCUT2D eigenvalue weighted by Gasteiger charge is 2.20. The molecule has 1 aromatic carbocycles. The van der Waals surface area contributed by atoms with Gasteiger partial charge in [-0.05, 0) is 36.2 Å². The van der Waals surface area contributed by atoms with Crippen LogP contribution >= 0.6 is 11.8 Å². The minimum Gasteiger partial charge on any atom is -0.324 e. The molecule has 0 spiro atoms. The summed E-state index contributed by atoms with van der Waals surface area (Å²) in [5, 5.41) is 0.992. The monoisotopic (exact) mass is 356 g/mol. The minimum absolute atomic E-state index is 0.242. The van der Waals surface area contributed by atoms with E-state index in [4.69, 9.17) is 10.7 Å². The molecule has 0 amide bonds. The van der Waals surface area contributed by atoms with E-state index in [1.165, 1.54) is 23.9 Å². The fourth-order valence-electron chi connectivity index (χ4n) is 2.60. The van der Waals surface area contributed by atoms with Gasteiger partial charge in [-0.25, -0.2) is 9.37 Å². The molecule has 0 fully saturated rings. The molecule has 2 N–H and O–H groups in total. The summed E-state index contributed by atoms with van der Waals surface area (Å²) < 4.78 is 15.7. The van der Waals surface area contributed by atoms with E-state index in [2.05, 4.69) is 23.4 Å². The number of halogens is 1. The van der Waals surface area contributed by atoms with Crippen molar-refractivity contribution in [1.29, 1.82) is 0 Å². The van der Waals surface area contributed by atoms with E-state index >= 15 is 0 Å².